The lowest BCUT2D eigenvalue weighted by Gasteiger charge is -2.08. The minimum Gasteiger partial charge on any atom is -0.324 e. The molecule has 1 heterocycles. The van der Waals surface area contributed by atoms with E-state index in [2.05, 4.69) is 22.5 Å². The maximum absolute atomic E-state index is 12.0. The number of unbranched alkanes of at least 4 members (excludes halogenated alkanes) is 2. The van der Waals surface area contributed by atoms with E-state index in [0.717, 1.165) is 23.1 Å². The smallest absolute Gasteiger partial charge is 0.225 e. The third-order valence-corrected chi connectivity index (χ3v) is 3.39. The van der Waals surface area contributed by atoms with Crippen LogP contribution in [0.4, 0.5) is 5.69 Å². The van der Waals surface area contributed by atoms with Gasteiger partial charge in [-0.1, -0.05) is 38.0 Å². The maximum atomic E-state index is 12.0. The average molecular weight is 285 g/mol. The van der Waals surface area contributed by atoms with E-state index in [-0.39, 0.29) is 5.91 Å². The van der Waals surface area contributed by atoms with Gasteiger partial charge in [-0.25, -0.2) is 0 Å². The quantitative estimate of drug-likeness (QED) is 0.731. The van der Waals surface area contributed by atoms with Gasteiger partial charge in [0.2, 0.25) is 5.91 Å². The second-order valence-corrected chi connectivity index (χ2v) is 5.14. The highest BCUT2D eigenvalue weighted by atomic mass is 16.1. The molecule has 1 aromatic carbocycles. The number of hydrogen-bond donors (Lipinski definition) is 2. The normalized spacial score (nSPS) is 10.7. The molecule has 0 aliphatic carbocycles. The summed E-state index contributed by atoms with van der Waals surface area (Å²) in [5.41, 5.74) is 1.62. The summed E-state index contributed by atoms with van der Waals surface area (Å²) in [5.74, 6) is 0.0242. The predicted octanol–water partition coefficient (Wildman–Crippen LogP) is 3.34. The number of nitrogens with zero attached hydrogens (tertiary/aromatic N) is 1. The van der Waals surface area contributed by atoms with Crippen molar-refractivity contribution in [3.8, 4) is 0 Å². The first-order valence-electron chi connectivity index (χ1n) is 7.65. The van der Waals surface area contributed by atoms with Crippen LogP contribution in [-0.2, 0) is 4.79 Å². The first-order valence-corrected chi connectivity index (χ1v) is 7.65. The van der Waals surface area contributed by atoms with Crippen molar-refractivity contribution in [2.75, 3.05) is 18.4 Å². The van der Waals surface area contributed by atoms with Crippen LogP contribution in [0.2, 0.25) is 0 Å². The molecule has 0 saturated carbocycles. The lowest BCUT2D eigenvalue weighted by molar-refractivity contribution is -0.116. The number of anilines is 1. The first kappa shape index (κ1) is 15.4. The number of fused-ring (bicyclic) bond motifs is 1. The fourth-order valence-corrected chi connectivity index (χ4v) is 2.24. The van der Waals surface area contributed by atoms with Crippen molar-refractivity contribution in [2.45, 2.75) is 32.6 Å². The predicted molar refractivity (Wildman–Crippen MR) is 87.4 cm³/mol. The van der Waals surface area contributed by atoms with Gasteiger partial charge in [-0.3, -0.25) is 9.78 Å². The number of aromatic nitrogens is 1. The Kier molecular flexibility index (Phi) is 6.16. The molecule has 0 unspecified atom stereocenters. The zero-order valence-corrected chi connectivity index (χ0v) is 12.6. The second kappa shape index (κ2) is 8.37. The summed E-state index contributed by atoms with van der Waals surface area (Å²) in [5, 5.41) is 7.28. The zero-order chi connectivity index (χ0) is 14.9. The third-order valence-electron chi connectivity index (χ3n) is 3.39. The van der Waals surface area contributed by atoms with Gasteiger partial charge in [-0.2, -0.15) is 0 Å². The van der Waals surface area contributed by atoms with Gasteiger partial charge in [0, 0.05) is 24.5 Å². The summed E-state index contributed by atoms with van der Waals surface area (Å²) >= 11 is 0. The lowest BCUT2D eigenvalue weighted by atomic mass is 10.2. The van der Waals surface area contributed by atoms with Crippen LogP contribution >= 0.6 is 0 Å². The van der Waals surface area contributed by atoms with Gasteiger partial charge in [-0.05, 0) is 25.1 Å². The molecule has 0 saturated heterocycles. The van der Waals surface area contributed by atoms with E-state index in [4.69, 9.17) is 0 Å². The molecule has 1 amide bonds. The van der Waals surface area contributed by atoms with Gasteiger partial charge in [0.1, 0.15) is 0 Å². The molecular formula is C17H23N3O. The number of carbonyl (C=O) groups is 1. The molecule has 1 aromatic heterocycles. The zero-order valence-electron chi connectivity index (χ0n) is 12.6. The van der Waals surface area contributed by atoms with Gasteiger partial charge in [0.05, 0.1) is 11.2 Å². The van der Waals surface area contributed by atoms with Gasteiger partial charge < -0.3 is 10.6 Å². The Hall–Kier alpha value is -1.94. The van der Waals surface area contributed by atoms with Crippen LogP contribution in [0.25, 0.3) is 10.9 Å². The van der Waals surface area contributed by atoms with E-state index in [9.17, 15) is 4.79 Å². The molecule has 0 radical (unpaired) electrons. The third kappa shape index (κ3) is 4.83. The minimum atomic E-state index is 0.0242. The molecule has 0 spiro atoms. The van der Waals surface area contributed by atoms with Crippen LogP contribution in [0.3, 0.4) is 0 Å². The molecule has 2 rings (SSSR count). The van der Waals surface area contributed by atoms with Gasteiger partial charge >= 0.3 is 0 Å². The molecule has 112 valence electrons. The topological polar surface area (TPSA) is 54.0 Å². The van der Waals surface area contributed by atoms with E-state index < -0.39 is 0 Å². The number of pyridine rings is 1. The Morgan fingerprint density at radius 2 is 2.00 bits per heavy atom. The van der Waals surface area contributed by atoms with Crippen molar-refractivity contribution in [3.63, 3.8) is 0 Å². The highest BCUT2D eigenvalue weighted by Crippen LogP contribution is 2.20. The SMILES string of the molecule is CCCCCNCCC(=O)Nc1cccc2cccnc12. The fourth-order valence-electron chi connectivity index (χ4n) is 2.24. The molecular weight excluding hydrogens is 262 g/mol. The molecule has 2 N–H and O–H groups in total. The molecule has 0 bridgehead atoms. The van der Waals surface area contributed by atoms with E-state index in [0.29, 0.717) is 13.0 Å². The van der Waals surface area contributed by atoms with E-state index >= 15 is 0 Å². The summed E-state index contributed by atoms with van der Waals surface area (Å²) < 4.78 is 0. The average Bonchev–Trinajstić information content (AvgIpc) is 2.51. The van der Waals surface area contributed by atoms with Crippen LogP contribution in [0.15, 0.2) is 36.5 Å². The largest absolute Gasteiger partial charge is 0.324 e. The monoisotopic (exact) mass is 285 g/mol. The van der Waals surface area contributed by atoms with Gasteiger partial charge in [0.25, 0.3) is 0 Å². The summed E-state index contributed by atoms with van der Waals surface area (Å²) in [7, 11) is 0. The number of nitrogens with one attached hydrogen (secondary N) is 2. The highest BCUT2D eigenvalue weighted by molar-refractivity contribution is 6.00. The highest BCUT2D eigenvalue weighted by Gasteiger charge is 2.06. The summed E-state index contributed by atoms with van der Waals surface area (Å²) in [6, 6.07) is 9.71. The molecule has 0 aliphatic rings. The Labute approximate surface area is 126 Å². The Morgan fingerprint density at radius 1 is 1.14 bits per heavy atom. The lowest BCUT2D eigenvalue weighted by Crippen LogP contribution is -2.22. The molecule has 4 nitrogen and oxygen atoms in total. The van der Waals surface area contributed by atoms with Crippen LogP contribution in [-0.4, -0.2) is 24.0 Å². The Morgan fingerprint density at radius 3 is 2.86 bits per heavy atom. The number of amides is 1. The maximum Gasteiger partial charge on any atom is 0.225 e. The van der Waals surface area contributed by atoms with Crippen molar-refractivity contribution < 1.29 is 4.79 Å². The first-order chi connectivity index (χ1) is 10.3. The van der Waals surface area contributed by atoms with E-state index in [1.807, 2.05) is 30.3 Å². The number of hydrogen-bond acceptors (Lipinski definition) is 3. The summed E-state index contributed by atoms with van der Waals surface area (Å²) in [6.45, 7) is 3.89. The van der Waals surface area contributed by atoms with E-state index in [1.54, 1.807) is 6.20 Å². The standard InChI is InChI=1S/C17H23N3O/c1-2-3-4-11-18-13-10-16(21)20-15-9-5-7-14-8-6-12-19-17(14)15/h5-9,12,18H,2-4,10-11,13H2,1H3,(H,20,21). The Balaban J connectivity index is 1.82. The van der Waals surface area contributed by atoms with Crippen molar-refractivity contribution in [1.82, 2.24) is 10.3 Å². The molecule has 21 heavy (non-hydrogen) atoms. The van der Waals surface area contributed by atoms with Crippen LogP contribution < -0.4 is 10.6 Å². The van der Waals surface area contributed by atoms with Crippen LogP contribution in [0.5, 0.6) is 0 Å². The van der Waals surface area contributed by atoms with Gasteiger partial charge in [-0.15, -0.1) is 0 Å². The van der Waals surface area contributed by atoms with Gasteiger partial charge in [0.15, 0.2) is 0 Å². The number of rotatable bonds is 8. The molecule has 0 fully saturated rings. The fraction of sp³-hybridized carbons (Fsp3) is 0.412. The van der Waals surface area contributed by atoms with Crippen LogP contribution in [0.1, 0.15) is 32.6 Å². The van der Waals surface area contributed by atoms with E-state index in [1.165, 1.54) is 19.3 Å². The number of para-hydroxylation sites is 1. The van der Waals surface area contributed by atoms with Crippen molar-refractivity contribution in [1.29, 1.82) is 0 Å². The molecule has 0 aliphatic heterocycles. The molecule has 2 aromatic rings. The van der Waals surface area contributed by atoms with Crippen LogP contribution in [0, 0.1) is 0 Å². The molecule has 0 atom stereocenters. The van der Waals surface area contributed by atoms with Crippen molar-refractivity contribution >= 4 is 22.5 Å². The molecule has 4 heteroatoms. The number of benzene rings is 1. The minimum absolute atomic E-state index is 0.0242. The number of carbonyl (C=O) groups excluding carboxylic acids is 1. The second-order valence-electron chi connectivity index (χ2n) is 5.14. The summed E-state index contributed by atoms with van der Waals surface area (Å²) in [4.78, 5) is 16.3. The summed E-state index contributed by atoms with van der Waals surface area (Å²) in [6.07, 6.45) is 5.85. The van der Waals surface area contributed by atoms with Crippen molar-refractivity contribution in [3.05, 3.63) is 36.5 Å². The Bertz CT molecular complexity index is 578. The van der Waals surface area contributed by atoms with Crippen molar-refractivity contribution in [2.24, 2.45) is 0 Å².